The van der Waals surface area contributed by atoms with Crippen LogP contribution < -0.4 is 5.73 Å². The van der Waals surface area contributed by atoms with E-state index in [0.717, 1.165) is 0 Å². The smallest absolute Gasteiger partial charge is 0.255 e. The minimum Gasteiger partial charge on any atom is -0.339 e. The minimum atomic E-state index is -0.438. The van der Waals surface area contributed by atoms with Crippen LogP contribution in [0.2, 0.25) is 0 Å². The van der Waals surface area contributed by atoms with Gasteiger partial charge in [-0.25, -0.2) is 4.39 Å². The quantitative estimate of drug-likeness (QED) is 0.857. The van der Waals surface area contributed by atoms with Gasteiger partial charge < -0.3 is 10.6 Å². The van der Waals surface area contributed by atoms with Gasteiger partial charge in [0.2, 0.25) is 0 Å². The highest BCUT2D eigenvalue weighted by molar-refractivity contribution is 5.96. The van der Waals surface area contributed by atoms with E-state index in [2.05, 4.69) is 11.8 Å². The summed E-state index contributed by atoms with van der Waals surface area (Å²) in [5.74, 6) is 5.25. The zero-order valence-electron chi connectivity index (χ0n) is 12.2. The molecular weight excluding hydrogens is 255 g/mol. The van der Waals surface area contributed by atoms with Crippen LogP contribution in [0.3, 0.4) is 0 Å². The van der Waals surface area contributed by atoms with Crippen LogP contribution in [0, 0.1) is 23.6 Å². The summed E-state index contributed by atoms with van der Waals surface area (Å²) in [4.78, 5) is 14.2. The first-order valence-corrected chi connectivity index (χ1v) is 6.77. The van der Waals surface area contributed by atoms with Crippen molar-refractivity contribution in [2.24, 2.45) is 11.7 Å². The molecule has 1 amide bonds. The Hall–Kier alpha value is -1.86. The molecule has 0 aliphatic heterocycles. The van der Waals surface area contributed by atoms with E-state index in [-0.39, 0.29) is 12.5 Å². The highest BCUT2D eigenvalue weighted by Crippen LogP contribution is 2.14. The molecule has 0 spiro atoms. The van der Waals surface area contributed by atoms with Crippen LogP contribution in [-0.2, 0) is 0 Å². The summed E-state index contributed by atoms with van der Waals surface area (Å²) in [7, 11) is 0. The molecule has 0 saturated carbocycles. The predicted molar refractivity (Wildman–Crippen MR) is 78.7 cm³/mol. The molecule has 4 heteroatoms. The van der Waals surface area contributed by atoms with Crippen LogP contribution in [0.4, 0.5) is 4.39 Å². The van der Waals surface area contributed by atoms with Crippen LogP contribution in [0.5, 0.6) is 0 Å². The molecule has 0 fully saturated rings. The number of rotatable bonds is 4. The Bertz CT molecular complexity index is 529. The molecule has 0 heterocycles. The standard InChI is InChI=1S/C16H21FN2O/c1-4-19(11-12(2)3)16(20)15-10-14(17)8-7-13(15)6-5-9-18/h7-8,10,12H,4,9,11,18H2,1-3H3. The van der Waals surface area contributed by atoms with Crippen LogP contribution in [-0.4, -0.2) is 30.4 Å². The van der Waals surface area contributed by atoms with Crippen LogP contribution >= 0.6 is 0 Å². The Balaban J connectivity index is 3.15. The van der Waals surface area contributed by atoms with Gasteiger partial charge in [-0.2, -0.15) is 0 Å². The van der Waals surface area contributed by atoms with E-state index < -0.39 is 5.82 Å². The molecule has 0 aliphatic rings. The van der Waals surface area contributed by atoms with Crippen molar-refractivity contribution in [3.63, 3.8) is 0 Å². The number of halogens is 1. The van der Waals surface area contributed by atoms with Crippen molar-refractivity contribution in [1.82, 2.24) is 4.90 Å². The Labute approximate surface area is 120 Å². The average molecular weight is 276 g/mol. The third-order valence-electron chi connectivity index (χ3n) is 2.79. The Kier molecular flexibility index (Phi) is 6.20. The maximum absolute atomic E-state index is 13.4. The molecule has 0 aromatic heterocycles. The van der Waals surface area contributed by atoms with Crippen LogP contribution in [0.25, 0.3) is 0 Å². The van der Waals surface area contributed by atoms with Gasteiger partial charge in [0.15, 0.2) is 0 Å². The van der Waals surface area contributed by atoms with Crippen molar-refractivity contribution in [2.75, 3.05) is 19.6 Å². The number of carbonyl (C=O) groups is 1. The number of hydrogen-bond donors (Lipinski definition) is 1. The summed E-state index contributed by atoms with van der Waals surface area (Å²) in [6.07, 6.45) is 0. The minimum absolute atomic E-state index is 0.193. The largest absolute Gasteiger partial charge is 0.339 e. The third kappa shape index (κ3) is 4.36. The fourth-order valence-corrected chi connectivity index (χ4v) is 1.92. The lowest BCUT2D eigenvalue weighted by molar-refractivity contribution is 0.0745. The van der Waals surface area contributed by atoms with E-state index >= 15 is 0 Å². The first-order valence-electron chi connectivity index (χ1n) is 6.77. The van der Waals surface area contributed by atoms with Gasteiger partial charge in [-0.05, 0) is 31.0 Å². The highest BCUT2D eigenvalue weighted by Gasteiger charge is 2.18. The molecule has 1 aromatic rings. The second-order valence-electron chi connectivity index (χ2n) is 4.93. The molecule has 108 valence electrons. The molecule has 0 bridgehead atoms. The van der Waals surface area contributed by atoms with Gasteiger partial charge in [0.05, 0.1) is 12.1 Å². The zero-order chi connectivity index (χ0) is 15.1. The van der Waals surface area contributed by atoms with Crippen molar-refractivity contribution in [2.45, 2.75) is 20.8 Å². The van der Waals surface area contributed by atoms with Crippen molar-refractivity contribution in [3.05, 3.63) is 35.1 Å². The lowest BCUT2D eigenvalue weighted by Gasteiger charge is -2.23. The normalized spacial score (nSPS) is 10.1. The van der Waals surface area contributed by atoms with Crippen molar-refractivity contribution in [3.8, 4) is 11.8 Å². The van der Waals surface area contributed by atoms with Gasteiger partial charge in [-0.1, -0.05) is 25.7 Å². The predicted octanol–water partition coefficient (Wildman–Crippen LogP) is 2.25. The molecule has 0 atom stereocenters. The monoisotopic (exact) mass is 276 g/mol. The molecule has 1 rings (SSSR count). The fraction of sp³-hybridized carbons (Fsp3) is 0.438. The van der Waals surface area contributed by atoms with Gasteiger partial charge >= 0.3 is 0 Å². The molecule has 3 nitrogen and oxygen atoms in total. The number of amides is 1. The van der Waals surface area contributed by atoms with Gasteiger partial charge in [-0.3, -0.25) is 4.79 Å². The molecule has 1 aromatic carbocycles. The van der Waals surface area contributed by atoms with Crippen molar-refractivity contribution >= 4 is 5.91 Å². The number of benzene rings is 1. The number of nitrogens with zero attached hydrogens (tertiary/aromatic N) is 1. The first kappa shape index (κ1) is 16.2. The van der Waals surface area contributed by atoms with Gasteiger partial charge in [0, 0.05) is 18.7 Å². The first-order chi connectivity index (χ1) is 9.49. The molecular formula is C16H21FN2O. The topological polar surface area (TPSA) is 46.3 Å². The number of nitrogens with two attached hydrogens (primary N) is 1. The van der Waals surface area contributed by atoms with Gasteiger partial charge in [0.1, 0.15) is 5.82 Å². The molecule has 0 unspecified atom stereocenters. The van der Waals surface area contributed by atoms with Gasteiger partial charge in [-0.15, -0.1) is 0 Å². The summed E-state index contributed by atoms with van der Waals surface area (Å²) >= 11 is 0. The highest BCUT2D eigenvalue weighted by atomic mass is 19.1. The van der Waals surface area contributed by atoms with E-state index in [4.69, 9.17) is 5.73 Å². The third-order valence-corrected chi connectivity index (χ3v) is 2.79. The van der Waals surface area contributed by atoms with E-state index in [0.29, 0.717) is 30.1 Å². The van der Waals surface area contributed by atoms with E-state index in [1.54, 1.807) is 4.90 Å². The Morgan fingerprint density at radius 3 is 2.70 bits per heavy atom. The summed E-state index contributed by atoms with van der Waals surface area (Å²) in [6.45, 7) is 7.40. The van der Waals surface area contributed by atoms with Crippen LogP contribution in [0.15, 0.2) is 18.2 Å². The Morgan fingerprint density at radius 1 is 1.45 bits per heavy atom. The van der Waals surface area contributed by atoms with E-state index in [1.165, 1.54) is 18.2 Å². The summed E-state index contributed by atoms with van der Waals surface area (Å²) in [5.41, 5.74) is 6.16. The number of carbonyl (C=O) groups excluding carboxylic acids is 1. The molecule has 0 saturated heterocycles. The van der Waals surface area contributed by atoms with E-state index in [9.17, 15) is 9.18 Å². The maximum Gasteiger partial charge on any atom is 0.255 e. The second kappa shape index (κ2) is 7.66. The zero-order valence-corrected chi connectivity index (χ0v) is 12.2. The second-order valence-corrected chi connectivity index (χ2v) is 4.93. The fourth-order valence-electron chi connectivity index (χ4n) is 1.92. The number of hydrogen-bond acceptors (Lipinski definition) is 2. The molecule has 0 radical (unpaired) electrons. The summed E-state index contributed by atoms with van der Waals surface area (Å²) in [5, 5.41) is 0. The lowest BCUT2D eigenvalue weighted by atomic mass is 10.1. The average Bonchev–Trinajstić information content (AvgIpc) is 2.42. The van der Waals surface area contributed by atoms with Crippen molar-refractivity contribution < 1.29 is 9.18 Å². The lowest BCUT2D eigenvalue weighted by Crippen LogP contribution is -2.34. The van der Waals surface area contributed by atoms with Gasteiger partial charge in [0.25, 0.3) is 5.91 Å². The molecule has 20 heavy (non-hydrogen) atoms. The molecule has 2 N–H and O–H groups in total. The SMILES string of the molecule is CCN(CC(C)C)C(=O)c1cc(F)ccc1C#CCN. The van der Waals surface area contributed by atoms with Crippen LogP contribution in [0.1, 0.15) is 36.7 Å². The maximum atomic E-state index is 13.4. The summed E-state index contributed by atoms with van der Waals surface area (Å²) in [6, 6.07) is 4.07. The van der Waals surface area contributed by atoms with Crippen molar-refractivity contribution in [1.29, 1.82) is 0 Å². The summed E-state index contributed by atoms with van der Waals surface area (Å²) < 4.78 is 13.4. The molecule has 0 aliphatic carbocycles. The Morgan fingerprint density at radius 2 is 2.15 bits per heavy atom. The van der Waals surface area contributed by atoms with E-state index in [1.807, 2.05) is 20.8 Å².